The van der Waals surface area contributed by atoms with Crippen LogP contribution in [-0.4, -0.2) is 31.0 Å². The Morgan fingerprint density at radius 1 is 1.09 bits per heavy atom. The quantitative estimate of drug-likeness (QED) is 0.431. The van der Waals surface area contributed by atoms with Crippen molar-refractivity contribution >= 4 is 38.9 Å². The van der Waals surface area contributed by atoms with Crippen molar-refractivity contribution in [2.75, 3.05) is 16.2 Å². The van der Waals surface area contributed by atoms with Gasteiger partial charge in [-0.1, -0.05) is 47.1 Å². The summed E-state index contributed by atoms with van der Waals surface area (Å²) in [6.45, 7) is 1.98. The Kier molecular flexibility index (Phi) is 5.59. The van der Waals surface area contributed by atoms with E-state index >= 15 is 0 Å². The van der Waals surface area contributed by atoms with Crippen LogP contribution in [0.2, 0.25) is 5.02 Å². The number of carbonyl (C=O) groups is 1. The molecule has 0 radical (unpaired) electrons. The van der Waals surface area contributed by atoms with Crippen molar-refractivity contribution in [1.82, 2.24) is 10.1 Å². The zero-order valence-corrected chi connectivity index (χ0v) is 19.6. The summed E-state index contributed by atoms with van der Waals surface area (Å²) < 4.78 is 33.3. The first-order valence-electron chi connectivity index (χ1n) is 10.5. The third-order valence-electron chi connectivity index (χ3n) is 5.55. The molecule has 4 aromatic rings. The summed E-state index contributed by atoms with van der Waals surface area (Å²) in [5.74, 6) is 0.232. The van der Waals surface area contributed by atoms with Gasteiger partial charge in [0.1, 0.15) is 4.90 Å². The summed E-state index contributed by atoms with van der Waals surface area (Å²) in [4.78, 5) is 17.2. The minimum Gasteiger partial charge on any atom is -0.339 e. The highest BCUT2D eigenvalue weighted by atomic mass is 35.5. The van der Waals surface area contributed by atoms with Gasteiger partial charge in [0.25, 0.3) is 15.9 Å². The predicted molar refractivity (Wildman–Crippen MR) is 129 cm³/mol. The number of carbonyl (C=O) groups excluding carboxylic acids is 1. The third-order valence-corrected chi connectivity index (χ3v) is 7.84. The van der Waals surface area contributed by atoms with E-state index in [4.69, 9.17) is 16.1 Å². The summed E-state index contributed by atoms with van der Waals surface area (Å²) in [6, 6.07) is 18.5. The number of para-hydroxylation sites is 2. The Hall–Kier alpha value is -3.69. The fourth-order valence-electron chi connectivity index (χ4n) is 3.91. The number of halogens is 1. The zero-order chi connectivity index (χ0) is 23.9. The van der Waals surface area contributed by atoms with Gasteiger partial charge in [0, 0.05) is 24.6 Å². The lowest BCUT2D eigenvalue weighted by Crippen LogP contribution is -2.29. The topological polar surface area (TPSA) is 105 Å². The minimum absolute atomic E-state index is 0.0450. The van der Waals surface area contributed by atoms with Gasteiger partial charge < -0.3 is 9.84 Å². The summed E-state index contributed by atoms with van der Waals surface area (Å²) in [5, 5.41) is 6.76. The van der Waals surface area contributed by atoms with Crippen molar-refractivity contribution in [1.29, 1.82) is 0 Å². The maximum Gasteiger partial charge on any atom is 0.265 e. The highest BCUT2D eigenvalue weighted by Gasteiger charge is 2.32. The number of fused-ring (bicyclic) bond motifs is 1. The highest BCUT2D eigenvalue weighted by Crippen LogP contribution is 2.35. The molecule has 0 aliphatic carbocycles. The van der Waals surface area contributed by atoms with Crippen LogP contribution in [-0.2, 0) is 16.4 Å². The van der Waals surface area contributed by atoms with Crippen molar-refractivity contribution in [3.8, 4) is 11.4 Å². The molecule has 3 aromatic carbocycles. The number of amides is 1. The lowest BCUT2D eigenvalue weighted by Gasteiger charge is -2.20. The molecule has 2 heterocycles. The molecule has 0 spiro atoms. The average Bonchev–Trinajstić information content (AvgIpc) is 3.46. The van der Waals surface area contributed by atoms with Crippen LogP contribution in [0.25, 0.3) is 11.4 Å². The zero-order valence-electron chi connectivity index (χ0n) is 18.0. The number of aromatic nitrogens is 2. The Morgan fingerprint density at radius 2 is 1.85 bits per heavy atom. The van der Waals surface area contributed by atoms with E-state index in [1.807, 2.05) is 12.1 Å². The summed E-state index contributed by atoms with van der Waals surface area (Å²) in [5.41, 5.74) is 2.75. The molecule has 10 heteroatoms. The van der Waals surface area contributed by atoms with Crippen LogP contribution < -0.4 is 9.62 Å². The monoisotopic (exact) mass is 494 g/mol. The standard InChI is InChI=1S/C24H19ClN4O4S/c1-15-26-23(28-33-15)18-7-3-4-8-20(18)27-24(30)17-10-11-19(25)22(14-17)34(31,32)29-13-12-16-6-2-5-9-21(16)29/h2-11,14H,12-13H2,1H3,(H,27,30). The first kappa shape index (κ1) is 22.1. The van der Waals surface area contributed by atoms with Gasteiger partial charge in [-0.15, -0.1) is 0 Å². The first-order valence-corrected chi connectivity index (χ1v) is 12.3. The molecule has 0 saturated carbocycles. The number of hydrogen-bond acceptors (Lipinski definition) is 6. The molecule has 0 bridgehead atoms. The van der Waals surface area contributed by atoms with Crippen LogP contribution in [0, 0.1) is 6.92 Å². The van der Waals surface area contributed by atoms with Crippen LogP contribution >= 0.6 is 11.6 Å². The number of nitrogens with zero attached hydrogens (tertiary/aromatic N) is 3. The normalized spacial score (nSPS) is 13.1. The van der Waals surface area contributed by atoms with Crippen LogP contribution in [0.4, 0.5) is 11.4 Å². The maximum atomic E-state index is 13.5. The number of benzene rings is 3. The molecule has 1 amide bonds. The second-order valence-corrected chi connectivity index (χ2v) is 9.98. The molecular formula is C24H19ClN4O4S. The summed E-state index contributed by atoms with van der Waals surface area (Å²) in [7, 11) is -3.97. The molecular weight excluding hydrogens is 476 g/mol. The number of rotatable bonds is 5. The van der Waals surface area contributed by atoms with Crippen molar-refractivity contribution in [3.63, 3.8) is 0 Å². The number of aryl methyl sites for hydroxylation is 1. The van der Waals surface area contributed by atoms with E-state index in [-0.39, 0.29) is 15.5 Å². The molecule has 34 heavy (non-hydrogen) atoms. The molecule has 1 aliphatic heterocycles. The second-order valence-electron chi connectivity index (χ2n) is 7.74. The van der Waals surface area contributed by atoms with Gasteiger partial charge in [-0.3, -0.25) is 9.10 Å². The number of nitrogens with one attached hydrogen (secondary N) is 1. The smallest absolute Gasteiger partial charge is 0.265 e. The largest absolute Gasteiger partial charge is 0.339 e. The van der Waals surface area contributed by atoms with E-state index in [0.717, 1.165) is 5.56 Å². The Labute approximate surface area is 201 Å². The van der Waals surface area contributed by atoms with Gasteiger partial charge in [-0.25, -0.2) is 8.42 Å². The van der Waals surface area contributed by atoms with Gasteiger partial charge in [0.15, 0.2) is 0 Å². The lowest BCUT2D eigenvalue weighted by atomic mass is 10.1. The van der Waals surface area contributed by atoms with Gasteiger partial charge in [0.2, 0.25) is 11.7 Å². The molecule has 1 aromatic heterocycles. The van der Waals surface area contributed by atoms with Crippen molar-refractivity contribution < 1.29 is 17.7 Å². The Bertz CT molecular complexity index is 1520. The van der Waals surface area contributed by atoms with Gasteiger partial charge in [-0.05, 0) is 48.4 Å². The molecule has 0 saturated heterocycles. The molecule has 0 fully saturated rings. The van der Waals surface area contributed by atoms with Gasteiger partial charge in [-0.2, -0.15) is 4.98 Å². The van der Waals surface area contributed by atoms with Crippen LogP contribution in [0.3, 0.4) is 0 Å². The van der Waals surface area contributed by atoms with Crippen LogP contribution in [0.5, 0.6) is 0 Å². The van der Waals surface area contributed by atoms with E-state index in [0.29, 0.717) is 41.6 Å². The Balaban J connectivity index is 1.47. The van der Waals surface area contributed by atoms with E-state index < -0.39 is 15.9 Å². The lowest BCUT2D eigenvalue weighted by molar-refractivity contribution is 0.102. The highest BCUT2D eigenvalue weighted by molar-refractivity contribution is 7.93. The van der Waals surface area contributed by atoms with Gasteiger partial charge >= 0.3 is 0 Å². The van der Waals surface area contributed by atoms with Crippen molar-refractivity contribution in [3.05, 3.63) is 88.8 Å². The molecule has 0 atom stereocenters. The summed E-state index contributed by atoms with van der Waals surface area (Å²) >= 11 is 6.29. The minimum atomic E-state index is -3.97. The van der Waals surface area contributed by atoms with Crippen LogP contribution in [0.1, 0.15) is 21.8 Å². The maximum absolute atomic E-state index is 13.5. The van der Waals surface area contributed by atoms with E-state index in [9.17, 15) is 13.2 Å². The molecule has 172 valence electrons. The molecule has 0 unspecified atom stereocenters. The van der Waals surface area contributed by atoms with E-state index in [1.165, 1.54) is 22.5 Å². The van der Waals surface area contributed by atoms with Crippen molar-refractivity contribution in [2.45, 2.75) is 18.2 Å². The molecule has 1 aliphatic rings. The van der Waals surface area contributed by atoms with Crippen molar-refractivity contribution in [2.24, 2.45) is 0 Å². The fraction of sp³-hybridized carbons (Fsp3) is 0.125. The molecule has 5 rings (SSSR count). The average molecular weight is 495 g/mol. The number of sulfonamides is 1. The van der Waals surface area contributed by atoms with E-state index in [1.54, 1.807) is 43.3 Å². The number of anilines is 2. The van der Waals surface area contributed by atoms with E-state index in [2.05, 4.69) is 15.5 Å². The molecule has 1 N–H and O–H groups in total. The Morgan fingerprint density at radius 3 is 2.65 bits per heavy atom. The third kappa shape index (κ3) is 3.93. The SMILES string of the molecule is Cc1nc(-c2ccccc2NC(=O)c2ccc(Cl)c(S(=O)(=O)N3CCc4ccccc43)c2)no1. The second kappa shape index (κ2) is 8.58. The van der Waals surface area contributed by atoms with Gasteiger partial charge in [0.05, 0.1) is 16.4 Å². The first-order chi connectivity index (χ1) is 16.3. The predicted octanol–water partition coefficient (Wildman–Crippen LogP) is 4.70. The van der Waals surface area contributed by atoms with Crippen LogP contribution in [0.15, 0.2) is 76.1 Å². The number of hydrogen-bond donors (Lipinski definition) is 1. The fourth-order valence-corrected chi connectivity index (χ4v) is 5.92. The molecule has 8 nitrogen and oxygen atoms in total. The summed E-state index contributed by atoms with van der Waals surface area (Å²) in [6.07, 6.45) is 0.611.